The van der Waals surface area contributed by atoms with Gasteiger partial charge in [-0.15, -0.1) is 0 Å². The lowest BCUT2D eigenvalue weighted by Crippen LogP contribution is -2.00. The molecule has 3 nitrogen and oxygen atoms in total. The van der Waals surface area contributed by atoms with Gasteiger partial charge in [0.15, 0.2) is 0 Å². The molecule has 0 saturated heterocycles. The molecule has 66 valence electrons. The molecule has 0 heterocycles. The Kier molecular flexibility index (Phi) is 2.25. The molecule has 0 fully saturated rings. The van der Waals surface area contributed by atoms with Gasteiger partial charge in [-0.3, -0.25) is 0 Å². The Morgan fingerprint density at radius 1 is 1.42 bits per heavy atom. The zero-order valence-electron chi connectivity index (χ0n) is 5.79. The third-order valence-corrected chi connectivity index (χ3v) is 2.66. The molecule has 0 bridgehead atoms. The second-order valence-corrected chi connectivity index (χ2v) is 4.62. The Bertz CT molecular complexity index is 404. The molecular weight excluding hydrogens is 205 g/mol. The maximum Gasteiger partial charge on any atom is 0.263 e. The van der Waals surface area contributed by atoms with Crippen molar-refractivity contribution in [1.29, 1.82) is 0 Å². The number of nitrogen functional groups attached to an aromatic ring is 1. The minimum atomic E-state index is -3.95. The van der Waals surface area contributed by atoms with Crippen molar-refractivity contribution in [2.75, 3.05) is 5.73 Å². The van der Waals surface area contributed by atoms with Gasteiger partial charge in [0, 0.05) is 10.7 Å². The summed E-state index contributed by atoms with van der Waals surface area (Å²) in [5.41, 5.74) is 4.68. The van der Waals surface area contributed by atoms with Gasteiger partial charge in [0.1, 0.15) is 10.7 Å². The van der Waals surface area contributed by atoms with Crippen LogP contribution in [-0.2, 0) is 9.05 Å². The van der Waals surface area contributed by atoms with Crippen molar-refractivity contribution in [2.45, 2.75) is 4.90 Å². The van der Waals surface area contributed by atoms with Crippen LogP contribution in [0.3, 0.4) is 0 Å². The molecule has 0 aliphatic heterocycles. The van der Waals surface area contributed by atoms with E-state index in [4.69, 9.17) is 16.4 Å². The van der Waals surface area contributed by atoms with Crippen molar-refractivity contribution in [2.24, 2.45) is 0 Å². The Hall–Kier alpha value is -0.810. The first-order valence-electron chi connectivity index (χ1n) is 2.91. The third-order valence-electron chi connectivity index (χ3n) is 1.28. The summed E-state index contributed by atoms with van der Waals surface area (Å²) in [6, 6.07) is 3.42. The molecule has 12 heavy (non-hydrogen) atoms. The summed E-state index contributed by atoms with van der Waals surface area (Å²) in [5, 5.41) is 0. The molecule has 0 aliphatic carbocycles. The Morgan fingerprint density at radius 3 is 2.42 bits per heavy atom. The second kappa shape index (κ2) is 2.91. The molecule has 2 N–H and O–H groups in total. The van der Waals surface area contributed by atoms with Gasteiger partial charge in [-0.05, 0) is 12.1 Å². The van der Waals surface area contributed by atoms with E-state index in [0.717, 1.165) is 12.1 Å². The Balaban J connectivity index is 3.47. The fraction of sp³-hybridized carbons (Fsp3) is 0. The largest absolute Gasteiger partial charge is 0.395 e. The van der Waals surface area contributed by atoms with E-state index in [2.05, 4.69) is 0 Å². The minimum Gasteiger partial charge on any atom is -0.395 e. The van der Waals surface area contributed by atoms with Gasteiger partial charge in [-0.25, -0.2) is 12.8 Å². The van der Waals surface area contributed by atoms with E-state index in [-0.39, 0.29) is 0 Å². The predicted molar refractivity (Wildman–Crippen MR) is 43.9 cm³/mol. The second-order valence-electron chi connectivity index (χ2n) is 2.09. The maximum absolute atomic E-state index is 12.7. The van der Waals surface area contributed by atoms with Gasteiger partial charge >= 0.3 is 0 Å². The van der Waals surface area contributed by atoms with Crippen LogP contribution in [0.15, 0.2) is 23.1 Å². The van der Waals surface area contributed by atoms with Crippen LogP contribution in [0, 0.1) is 5.82 Å². The lowest BCUT2D eigenvalue weighted by molar-refractivity contribution is 0.604. The van der Waals surface area contributed by atoms with Crippen molar-refractivity contribution >= 4 is 25.4 Å². The number of para-hydroxylation sites is 1. The maximum atomic E-state index is 12.7. The molecule has 0 aromatic heterocycles. The average molecular weight is 210 g/mol. The molecule has 0 amide bonds. The number of hydrogen-bond acceptors (Lipinski definition) is 3. The van der Waals surface area contributed by atoms with Gasteiger partial charge in [-0.1, -0.05) is 6.07 Å². The van der Waals surface area contributed by atoms with Crippen LogP contribution < -0.4 is 5.73 Å². The van der Waals surface area contributed by atoms with Crippen molar-refractivity contribution in [3.8, 4) is 0 Å². The van der Waals surface area contributed by atoms with Crippen LogP contribution in [0.5, 0.6) is 0 Å². The highest BCUT2D eigenvalue weighted by Crippen LogP contribution is 2.23. The number of benzene rings is 1. The monoisotopic (exact) mass is 209 g/mol. The molecule has 1 aromatic carbocycles. The zero-order valence-corrected chi connectivity index (χ0v) is 7.36. The average Bonchev–Trinajstić information content (AvgIpc) is 1.92. The molecule has 0 unspecified atom stereocenters. The van der Waals surface area contributed by atoms with Gasteiger partial charge in [0.2, 0.25) is 0 Å². The summed E-state index contributed by atoms with van der Waals surface area (Å²) in [7, 11) is 1.01. The highest BCUT2D eigenvalue weighted by molar-refractivity contribution is 8.13. The van der Waals surface area contributed by atoms with Crippen LogP contribution in [-0.4, -0.2) is 8.42 Å². The molecule has 0 spiro atoms. The number of nitrogens with two attached hydrogens (primary N) is 1. The highest BCUT2D eigenvalue weighted by atomic mass is 35.7. The fourth-order valence-electron chi connectivity index (χ4n) is 0.730. The first-order valence-corrected chi connectivity index (χ1v) is 5.22. The van der Waals surface area contributed by atoms with Crippen molar-refractivity contribution < 1.29 is 12.8 Å². The Morgan fingerprint density at radius 2 is 2.00 bits per heavy atom. The smallest absolute Gasteiger partial charge is 0.263 e. The molecule has 1 aromatic rings. The number of hydrogen-bond donors (Lipinski definition) is 1. The number of halogens is 2. The fourth-order valence-corrected chi connectivity index (χ4v) is 1.73. The van der Waals surface area contributed by atoms with Crippen LogP contribution in [0.4, 0.5) is 10.1 Å². The van der Waals surface area contributed by atoms with E-state index in [1.54, 1.807) is 0 Å². The van der Waals surface area contributed by atoms with Gasteiger partial charge in [-0.2, -0.15) is 0 Å². The van der Waals surface area contributed by atoms with E-state index in [1.165, 1.54) is 6.07 Å². The third kappa shape index (κ3) is 1.67. The van der Waals surface area contributed by atoms with E-state index >= 15 is 0 Å². The molecule has 6 heteroatoms. The lowest BCUT2D eigenvalue weighted by Gasteiger charge is -2.00. The quantitative estimate of drug-likeness (QED) is 0.561. The van der Waals surface area contributed by atoms with E-state index < -0.39 is 25.5 Å². The molecular formula is C6H5ClFNO2S. The normalized spacial score (nSPS) is 11.5. The van der Waals surface area contributed by atoms with Gasteiger partial charge < -0.3 is 5.73 Å². The molecule has 0 aliphatic rings. The summed E-state index contributed by atoms with van der Waals surface area (Å²) in [4.78, 5) is -0.399. The summed E-state index contributed by atoms with van der Waals surface area (Å²) >= 11 is 0. The van der Waals surface area contributed by atoms with Gasteiger partial charge in [0.25, 0.3) is 9.05 Å². The van der Waals surface area contributed by atoms with Crippen LogP contribution in [0.1, 0.15) is 0 Å². The summed E-state index contributed by atoms with van der Waals surface area (Å²) in [6.07, 6.45) is 0. The number of anilines is 1. The standard InChI is InChI=1S/C6H5ClFNO2S/c7-12(10,11)5-3-1-2-4(8)6(5)9/h1-3H,9H2. The Labute approximate surface area is 73.4 Å². The van der Waals surface area contributed by atoms with Crippen molar-refractivity contribution in [3.05, 3.63) is 24.0 Å². The van der Waals surface area contributed by atoms with Crippen LogP contribution >= 0.6 is 10.7 Å². The highest BCUT2D eigenvalue weighted by Gasteiger charge is 2.15. The lowest BCUT2D eigenvalue weighted by atomic mass is 10.3. The van der Waals surface area contributed by atoms with E-state index in [1.807, 2.05) is 0 Å². The minimum absolute atomic E-state index is 0.399. The topological polar surface area (TPSA) is 60.2 Å². The van der Waals surface area contributed by atoms with Crippen LogP contribution in [0.2, 0.25) is 0 Å². The summed E-state index contributed by atoms with van der Waals surface area (Å²) < 4.78 is 34.1. The van der Waals surface area contributed by atoms with Gasteiger partial charge in [0.05, 0.1) is 5.69 Å². The van der Waals surface area contributed by atoms with E-state index in [9.17, 15) is 12.8 Å². The first-order chi connectivity index (χ1) is 5.43. The van der Waals surface area contributed by atoms with Crippen molar-refractivity contribution in [3.63, 3.8) is 0 Å². The summed E-state index contributed by atoms with van der Waals surface area (Å²) in [5.74, 6) is -0.795. The molecule has 0 saturated carbocycles. The SMILES string of the molecule is Nc1c(F)cccc1S(=O)(=O)Cl. The molecule has 1 rings (SSSR count). The predicted octanol–water partition coefficient (Wildman–Crippen LogP) is 1.34. The van der Waals surface area contributed by atoms with Crippen molar-refractivity contribution in [1.82, 2.24) is 0 Å². The number of rotatable bonds is 1. The zero-order chi connectivity index (χ0) is 9.35. The van der Waals surface area contributed by atoms with E-state index in [0.29, 0.717) is 0 Å². The summed E-state index contributed by atoms with van der Waals surface area (Å²) in [6.45, 7) is 0. The van der Waals surface area contributed by atoms with Crippen LogP contribution in [0.25, 0.3) is 0 Å². The molecule has 0 atom stereocenters. The molecule has 0 radical (unpaired) electrons. The first kappa shape index (κ1) is 9.28.